The third kappa shape index (κ3) is 4.48. The first-order chi connectivity index (χ1) is 11.9. The first-order valence-electron chi connectivity index (χ1n) is 8.64. The molecule has 0 bridgehead atoms. The normalized spacial score (nSPS) is 15.8. The SMILES string of the molecule is Cc1ccc(S(=O)(=O)Nc2ccc(NC3CCCCC3)nn2)c(C)c1. The zero-order chi connectivity index (χ0) is 17.9. The summed E-state index contributed by atoms with van der Waals surface area (Å²) in [5, 5.41) is 11.5. The molecule has 1 aliphatic carbocycles. The molecule has 3 rings (SSSR count). The van der Waals surface area contributed by atoms with Crippen molar-refractivity contribution in [1.29, 1.82) is 0 Å². The Kier molecular flexibility index (Phi) is 5.22. The van der Waals surface area contributed by atoms with Gasteiger partial charge in [-0.2, -0.15) is 0 Å². The second-order valence-electron chi connectivity index (χ2n) is 6.66. The maximum absolute atomic E-state index is 12.5. The van der Waals surface area contributed by atoms with Crippen molar-refractivity contribution >= 4 is 21.7 Å². The second kappa shape index (κ2) is 7.39. The van der Waals surface area contributed by atoms with Crippen molar-refractivity contribution < 1.29 is 8.42 Å². The number of hydrogen-bond acceptors (Lipinski definition) is 5. The van der Waals surface area contributed by atoms with Crippen LogP contribution in [0.3, 0.4) is 0 Å². The predicted molar refractivity (Wildman–Crippen MR) is 99.3 cm³/mol. The van der Waals surface area contributed by atoms with Crippen LogP contribution in [-0.4, -0.2) is 24.7 Å². The maximum atomic E-state index is 12.5. The molecule has 0 aliphatic heterocycles. The van der Waals surface area contributed by atoms with Crippen LogP contribution in [0.25, 0.3) is 0 Å². The van der Waals surface area contributed by atoms with Crippen molar-refractivity contribution in [3.63, 3.8) is 0 Å². The third-order valence-corrected chi connectivity index (χ3v) is 6.00. The largest absolute Gasteiger partial charge is 0.366 e. The Labute approximate surface area is 149 Å². The van der Waals surface area contributed by atoms with E-state index in [1.807, 2.05) is 13.0 Å². The van der Waals surface area contributed by atoms with E-state index in [4.69, 9.17) is 0 Å². The molecular weight excluding hydrogens is 336 g/mol. The number of benzene rings is 1. The van der Waals surface area contributed by atoms with Gasteiger partial charge in [-0.3, -0.25) is 4.72 Å². The van der Waals surface area contributed by atoms with E-state index in [1.54, 1.807) is 31.2 Å². The fraction of sp³-hybridized carbons (Fsp3) is 0.444. The third-order valence-electron chi connectivity index (χ3n) is 4.48. The van der Waals surface area contributed by atoms with Crippen LogP contribution in [0.5, 0.6) is 0 Å². The highest BCUT2D eigenvalue weighted by Gasteiger charge is 2.18. The minimum atomic E-state index is -3.67. The van der Waals surface area contributed by atoms with Gasteiger partial charge in [0.25, 0.3) is 10.0 Å². The lowest BCUT2D eigenvalue weighted by Gasteiger charge is -2.22. The van der Waals surface area contributed by atoms with Gasteiger partial charge in [-0.25, -0.2) is 8.42 Å². The van der Waals surface area contributed by atoms with Gasteiger partial charge in [-0.05, 0) is 50.5 Å². The lowest BCUT2D eigenvalue weighted by molar-refractivity contribution is 0.461. The van der Waals surface area contributed by atoms with Gasteiger partial charge in [0.05, 0.1) is 4.90 Å². The molecule has 0 spiro atoms. The van der Waals surface area contributed by atoms with Crippen LogP contribution in [0.4, 0.5) is 11.6 Å². The molecule has 1 heterocycles. The quantitative estimate of drug-likeness (QED) is 0.850. The topological polar surface area (TPSA) is 84.0 Å². The number of rotatable bonds is 5. The van der Waals surface area contributed by atoms with Gasteiger partial charge in [0.15, 0.2) is 5.82 Å². The molecule has 0 atom stereocenters. The predicted octanol–water partition coefficient (Wildman–Crippen LogP) is 3.64. The standard InChI is InChI=1S/C18H24N4O2S/c1-13-8-9-16(14(2)12-13)25(23,24)22-18-11-10-17(20-21-18)19-15-6-4-3-5-7-15/h8-12,15H,3-7H2,1-2H3,(H,19,20)(H,21,22). The van der Waals surface area contributed by atoms with Crippen molar-refractivity contribution in [2.24, 2.45) is 0 Å². The second-order valence-corrected chi connectivity index (χ2v) is 8.31. The molecule has 1 aromatic heterocycles. The van der Waals surface area contributed by atoms with Crippen molar-refractivity contribution in [3.05, 3.63) is 41.5 Å². The molecule has 25 heavy (non-hydrogen) atoms. The Morgan fingerprint density at radius 1 is 0.960 bits per heavy atom. The average molecular weight is 360 g/mol. The Morgan fingerprint density at radius 3 is 2.28 bits per heavy atom. The molecule has 134 valence electrons. The molecule has 1 saturated carbocycles. The van der Waals surface area contributed by atoms with Gasteiger partial charge in [-0.15, -0.1) is 10.2 Å². The van der Waals surface area contributed by atoms with Crippen LogP contribution in [0, 0.1) is 13.8 Å². The molecule has 1 aromatic carbocycles. The Hall–Kier alpha value is -2.15. The number of nitrogens with zero attached hydrogens (tertiary/aromatic N) is 2. The zero-order valence-electron chi connectivity index (χ0n) is 14.6. The average Bonchev–Trinajstić information content (AvgIpc) is 2.57. The molecule has 0 unspecified atom stereocenters. The summed E-state index contributed by atoms with van der Waals surface area (Å²) < 4.78 is 27.6. The molecule has 1 fully saturated rings. The van der Waals surface area contributed by atoms with Gasteiger partial charge in [0.2, 0.25) is 0 Å². The van der Waals surface area contributed by atoms with Crippen LogP contribution in [0.15, 0.2) is 35.2 Å². The van der Waals surface area contributed by atoms with E-state index in [1.165, 1.54) is 19.3 Å². The number of sulfonamides is 1. The molecule has 1 aliphatic rings. The van der Waals surface area contributed by atoms with E-state index in [2.05, 4.69) is 20.2 Å². The van der Waals surface area contributed by atoms with Gasteiger partial charge >= 0.3 is 0 Å². The monoisotopic (exact) mass is 360 g/mol. The van der Waals surface area contributed by atoms with Gasteiger partial charge in [0, 0.05) is 6.04 Å². The van der Waals surface area contributed by atoms with Crippen LogP contribution in [-0.2, 0) is 10.0 Å². The smallest absolute Gasteiger partial charge is 0.263 e. The molecule has 0 radical (unpaired) electrons. The van der Waals surface area contributed by atoms with Gasteiger partial charge < -0.3 is 5.32 Å². The lowest BCUT2D eigenvalue weighted by Crippen LogP contribution is -2.23. The van der Waals surface area contributed by atoms with Crippen LogP contribution >= 0.6 is 0 Å². The minimum absolute atomic E-state index is 0.217. The van der Waals surface area contributed by atoms with Crippen LogP contribution < -0.4 is 10.0 Å². The summed E-state index contributed by atoms with van der Waals surface area (Å²) in [5.41, 5.74) is 1.73. The van der Waals surface area contributed by atoms with Crippen LogP contribution in [0.1, 0.15) is 43.2 Å². The molecule has 7 heteroatoms. The highest BCUT2D eigenvalue weighted by atomic mass is 32.2. The molecule has 0 saturated heterocycles. The molecular formula is C18H24N4O2S. The van der Waals surface area contributed by atoms with Crippen molar-refractivity contribution in [3.8, 4) is 0 Å². The molecule has 6 nitrogen and oxygen atoms in total. The van der Waals surface area contributed by atoms with E-state index in [0.29, 0.717) is 17.4 Å². The first-order valence-corrected chi connectivity index (χ1v) is 10.1. The van der Waals surface area contributed by atoms with Crippen molar-refractivity contribution in [2.45, 2.75) is 56.9 Å². The zero-order valence-corrected chi connectivity index (χ0v) is 15.4. The number of aromatic nitrogens is 2. The summed E-state index contributed by atoms with van der Waals surface area (Å²) >= 11 is 0. The van der Waals surface area contributed by atoms with Gasteiger partial charge in [0.1, 0.15) is 5.82 Å². The number of aryl methyl sites for hydroxylation is 2. The Bertz CT molecular complexity index is 829. The molecule has 2 aromatic rings. The van der Waals surface area contributed by atoms with E-state index in [9.17, 15) is 8.42 Å². The summed E-state index contributed by atoms with van der Waals surface area (Å²) in [6, 6.07) is 9.07. The molecule has 2 N–H and O–H groups in total. The fourth-order valence-electron chi connectivity index (χ4n) is 3.21. The fourth-order valence-corrected chi connectivity index (χ4v) is 4.44. The highest BCUT2D eigenvalue weighted by Crippen LogP contribution is 2.22. The summed E-state index contributed by atoms with van der Waals surface area (Å²) in [6.07, 6.45) is 6.05. The Balaban J connectivity index is 1.69. The summed E-state index contributed by atoms with van der Waals surface area (Å²) in [7, 11) is -3.67. The number of nitrogens with one attached hydrogen (secondary N) is 2. The number of hydrogen-bond donors (Lipinski definition) is 2. The highest BCUT2D eigenvalue weighted by molar-refractivity contribution is 7.92. The Morgan fingerprint density at radius 2 is 1.64 bits per heavy atom. The lowest BCUT2D eigenvalue weighted by atomic mass is 9.95. The maximum Gasteiger partial charge on any atom is 0.263 e. The van der Waals surface area contributed by atoms with E-state index in [0.717, 1.165) is 18.4 Å². The van der Waals surface area contributed by atoms with Crippen LogP contribution in [0.2, 0.25) is 0 Å². The minimum Gasteiger partial charge on any atom is -0.366 e. The number of anilines is 2. The molecule has 0 amide bonds. The van der Waals surface area contributed by atoms with E-state index in [-0.39, 0.29) is 10.7 Å². The summed E-state index contributed by atoms with van der Waals surface area (Å²) in [4.78, 5) is 0.254. The van der Waals surface area contributed by atoms with Gasteiger partial charge in [-0.1, -0.05) is 37.0 Å². The van der Waals surface area contributed by atoms with E-state index >= 15 is 0 Å². The van der Waals surface area contributed by atoms with Crippen molar-refractivity contribution in [2.75, 3.05) is 10.0 Å². The summed E-state index contributed by atoms with van der Waals surface area (Å²) in [6.45, 7) is 3.71. The van der Waals surface area contributed by atoms with Crippen molar-refractivity contribution in [1.82, 2.24) is 10.2 Å². The van der Waals surface area contributed by atoms with E-state index < -0.39 is 10.0 Å². The summed E-state index contributed by atoms with van der Waals surface area (Å²) in [5.74, 6) is 0.899. The first kappa shape index (κ1) is 17.7.